The van der Waals surface area contributed by atoms with Crippen molar-refractivity contribution in [1.82, 2.24) is 15.4 Å². The molecule has 1 fully saturated rings. The molecule has 1 saturated heterocycles. The number of carbonyl (C=O) groups excluding carboxylic acids is 2. The summed E-state index contributed by atoms with van der Waals surface area (Å²) in [7, 11) is 0. The highest BCUT2D eigenvalue weighted by Gasteiger charge is 2.25. The molecule has 2 aromatic heterocycles. The van der Waals surface area contributed by atoms with E-state index in [9.17, 15) is 14.0 Å². The average molecular weight is 458 g/mol. The maximum Gasteiger partial charge on any atom is 0.217 e. The van der Waals surface area contributed by atoms with Gasteiger partial charge in [-0.1, -0.05) is 5.16 Å². The second-order valence-corrected chi connectivity index (χ2v) is 9.59. The number of carbonyl (C=O) groups is 2. The lowest BCUT2D eigenvalue weighted by molar-refractivity contribution is -0.119. The van der Waals surface area contributed by atoms with Gasteiger partial charge in [0.05, 0.1) is 16.6 Å². The zero-order valence-electron chi connectivity index (χ0n) is 18.4. The van der Waals surface area contributed by atoms with Crippen LogP contribution in [0.5, 0.6) is 0 Å². The normalized spacial score (nSPS) is 16.3. The van der Waals surface area contributed by atoms with Crippen LogP contribution in [0.4, 0.5) is 4.39 Å². The summed E-state index contributed by atoms with van der Waals surface area (Å²) in [4.78, 5) is 27.9. The fourth-order valence-electron chi connectivity index (χ4n) is 4.35. The number of nitrogens with zero attached hydrogens (tertiary/aromatic N) is 2. The Balaban J connectivity index is 1.23. The molecule has 6 nitrogen and oxygen atoms in total. The molecule has 1 aliphatic heterocycles. The molecule has 0 radical (unpaired) electrons. The molecule has 0 bridgehead atoms. The molecule has 0 saturated carbocycles. The summed E-state index contributed by atoms with van der Waals surface area (Å²) < 4.78 is 18.7. The summed E-state index contributed by atoms with van der Waals surface area (Å²) in [5.41, 5.74) is 1.43. The number of piperidine rings is 1. The second-order valence-electron chi connectivity index (χ2n) is 8.48. The first-order chi connectivity index (χ1) is 15.4. The third-order valence-corrected chi connectivity index (χ3v) is 7.37. The van der Waals surface area contributed by atoms with E-state index in [0.29, 0.717) is 17.9 Å². The van der Waals surface area contributed by atoms with Gasteiger partial charge in [0.15, 0.2) is 11.4 Å². The van der Waals surface area contributed by atoms with E-state index < -0.39 is 0 Å². The summed E-state index contributed by atoms with van der Waals surface area (Å²) in [6, 6.07) is 8.29. The second kappa shape index (κ2) is 9.92. The smallest absolute Gasteiger partial charge is 0.217 e. The van der Waals surface area contributed by atoms with Crippen molar-refractivity contribution in [2.45, 2.75) is 51.5 Å². The lowest BCUT2D eigenvalue weighted by atomic mass is 9.91. The molecule has 1 aliphatic rings. The Labute approximate surface area is 190 Å². The molecule has 3 aromatic rings. The number of fused-ring (bicyclic) bond motifs is 1. The van der Waals surface area contributed by atoms with Crippen LogP contribution in [0.2, 0.25) is 0 Å². The molecule has 4 rings (SSSR count). The minimum Gasteiger partial charge on any atom is -0.356 e. The number of halogens is 1. The highest BCUT2D eigenvalue weighted by molar-refractivity contribution is 7.14. The molecule has 1 unspecified atom stereocenters. The quantitative estimate of drug-likeness (QED) is 0.478. The first kappa shape index (κ1) is 22.6. The number of nitrogens with one attached hydrogen (secondary N) is 1. The molecule has 8 heteroatoms. The summed E-state index contributed by atoms with van der Waals surface area (Å²) in [6.07, 6.45) is 3.29. The van der Waals surface area contributed by atoms with Crippen molar-refractivity contribution in [1.29, 1.82) is 0 Å². The number of ketones is 1. The largest absolute Gasteiger partial charge is 0.356 e. The Morgan fingerprint density at radius 1 is 1.28 bits per heavy atom. The van der Waals surface area contributed by atoms with Gasteiger partial charge in [0.1, 0.15) is 5.82 Å². The van der Waals surface area contributed by atoms with Gasteiger partial charge < -0.3 is 14.7 Å². The van der Waals surface area contributed by atoms with Gasteiger partial charge in [-0.2, -0.15) is 0 Å². The van der Waals surface area contributed by atoms with Gasteiger partial charge in [-0.3, -0.25) is 9.59 Å². The van der Waals surface area contributed by atoms with Gasteiger partial charge in [-0.15, -0.1) is 11.3 Å². The number of aromatic nitrogens is 1. The van der Waals surface area contributed by atoms with Crippen molar-refractivity contribution in [3.63, 3.8) is 0 Å². The number of amides is 1. The zero-order valence-corrected chi connectivity index (χ0v) is 19.2. The predicted octanol–water partition coefficient (Wildman–Crippen LogP) is 5.07. The summed E-state index contributed by atoms with van der Waals surface area (Å²) in [5, 5.41) is 7.96. The van der Waals surface area contributed by atoms with Crippen LogP contribution in [0.1, 0.15) is 71.7 Å². The maximum absolute atomic E-state index is 13.4. The van der Waals surface area contributed by atoms with Crippen LogP contribution < -0.4 is 5.32 Å². The number of likely N-dealkylation sites (tertiary alicyclic amines) is 1. The van der Waals surface area contributed by atoms with Crippen molar-refractivity contribution >= 4 is 34.0 Å². The van der Waals surface area contributed by atoms with Crippen molar-refractivity contribution in [3.05, 3.63) is 51.6 Å². The van der Waals surface area contributed by atoms with Crippen LogP contribution >= 0.6 is 11.3 Å². The Morgan fingerprint density at radius 2 is 2.06 bits per heavy atom. The van der Waals surface area contributed by atoms with Crippen molar-refractivity contribution in [2.75, 3.05) is 19.6 Å². The third-order valence-electron chi connectivity index (χ3n) is 6.06. The Kier molecular flexibility index (Phi) is 7.01. The minimum atomic E-state index is -0.314. The maximum atomic E-state index is 13.4. The van der Waals surface area contributed by atoms with Crippen LogP contribution in [0.15, 0.2) is 34.9 Å². The van der Waals surface area contributed by atoms with Gasteiger partial charge in [0, 0.05) is 35.6 Å². The predicted molar refractivity (Wildman–Crippen MR) is 122 cm³/mol. The number of rotatable bonds is 8. The number of thiophene rings is 1. The fourth-order valence-corrected chi connectivity index (χ4v) is 5.33. The van der Waals surface area contributed by atoms with Crippen molar-refractivity contribution in [2.24, 2.45) is 0 Å². The minimum absolute atomic E-state index is 0.0758. The highest BCUT2D eigenvalue weighted by Crippen LogP contribution is 2.33. The molecule has 0 aliphatic carbocycles. The van der Waals surface area contributed by atoms with Crippen LogP contribution in [-0.4, -0.2) is 41.4 Å². The van der Waals surface area contributed by atoms with Gasteiger partial charge in [-0.05, 0) is 70.1 Å². The van der Waals surface area contributed by atoms with Crippen LogP contribution in [-0.2, 0) is 4.79 Å². The zero-order chi connectivity index (χ0) is 22.7. The van der Waals surface area contributed by atoms with Crippen molar-refractivity contribution < 1.29 is 18.5 Å². The molecule has 1 aromatic carbocycles. The summed E-state index contributed by atoms with van der Waals surface area (Å²) >= 11 is 1.46. The van der Waals surface area contributed by atoms with E-state index in [2.05, 4.69) is 15.4 Å². The van der Waals surface area contributed by atoms with Crippen LogP contribution in [0.25, 0.3) is 11.0 Å². The molecule has 1 atom stereocenters. The van der Waals surface area contributed by atoms with E-state index in [1.165, 1.54) is 30.4 Å². The SMILES string of the molecule is CC(=O)NC(C)c1ccc(C(=O)CCCN2CCC(c3noc4cc(F)ccc34)CC2)s1. The molecule has 3 heterocycles. The Hall–Kier alpha value is -2.58. The van der Waals surface area contributed by atoms with Crippen molar-refractivity contribution in [3.8, 4) is 0 Å². The molecule has 0 spiro atoms. The van der Waals surface area contributed by atoms with Gasteiger partial charge in [0.25, 0.3) is 0 Å². The first-order valence-electron chi connectivity index (χ1n) is 11.1. The summed E-state index contributed by atoms with van der Waals surface area (Å²) in [6.45, 7) is 6.21. The monoisotopic (exact) mass is 457 g/mol. The average Bonchev–Trinajstić information content (AvgIpc) is 3.41. The number of benzene rings is 1. The van der Waals surface area contributed by atoms with Gasteiger partial charge in [-0.25, -0.2) is 4.39 Å². The van der Waals surface area contributed by atoms with Gasteiger partial charge in [0.2, 0.25) is 5.91 Å². The van der Waals surface area contributed by atoms with E-state index in [1.807, 2.05) is 19.1 Å². The first-order valence-corrected chi connectivity index (χ1v) is 11.9. The molecule has 1 N–H and O–H groups in total. The molecule has 32 heavy (non-hydrogen) atoms. The molecule has 170 valence electrons. The Morgan fingerprint density at radius 3 is 2.81 bits per heavy atom. The van der Waals surface area contributed by atoms with E-state index in [-0.39, 0.29) is 23.5 Å². The van der Waals surface area contributed by atoms with Crippen LogP contribution in [0, 0.1) is 5.82 Å². The standard InChI is InChI=1S/C24H28FN3O3S/c1-15(26-16(2)29)22-7-8-23(32-22)20(30)4-3-11-28-12-9-17(10-13-28)24-19-6-5-18(25)14-21(19)31-27-24/h5-8,14-15,17H,3-4,9-13H2,1-2H3,(H,26,29). The number of Topliss-reactive ketones (excluding diaryl/α,β-unsaturated/α-hetero) is 1. The molecular formula is C24H28FN3O3S. The highest BCUT2D eigenvalue weighted by atomic mass is 32.1. The van der Waals surface area contributed by atoms with E-state index in [1.54, 1.807) is 6.07 Å². The Bertz CT molecular complexity index is 1100. The van der Waals surface area contributed by atoms with Gasteiger partial charge >= 0.3 is 0 Å². The number of hydrogen-bond acceptors (Lipinski definition) is 6. The lowest BCUT2D eigenvalue weighted by Crippen LogP contribution is -2.34. The van der Waals surface area contributed by atoms with Crippen LogP contribution in [0.3, 0.4) is 0 Å². The van der Waals surface area contributed by atoms with E-state index >= 15 is 0 Å². The third kappa shape index (κ3) is 5.24. The lowest BCUT2D eigenvalue weighted by Gasteiger charge is -2.31. The van der Waals surface area contributed by atoms with E-state index in [0.717, 1.165) is 59.7 Å². The van der Waals surface area contributed by atoms with E-state index in [4.69, 9.17) is 4.52 Å². The fraction of sp³-hybridized carbons (Fsp3) is 0.458. The summed E-state index contributed by atoms with van der Waals surface area (Å²) in [5.74, 6) is 0.0842. The molecular weight excluding hydrogens is 429 g/mol. The topological polar surface area (TPSA) is 75.4 Å². The number of hydrogen-bond donors (Lipinski definition) is 1. The molecule has 1 amide bonds.